The van der Waals surface area contributed by atoms with E-state index in [1.165, 1.54) is 11.3 Å². The van der Waals surface area contributed by atoms with Crippen LogP contribution in [0.15, 0.2) is 18.2 Å². The molecule has 1 atom stereocenters. The molecule has 3 nitrogen and oxygen atoms in total. The summed E-state index contributed by atoms with van der Waals surface area (Å²) in [5, 5.41) is 0. The van der Waals surface area contributed by atoms with Gasteiger partial charge in [0.05, 0.1) is 12.8 Å². The summed E-state index contributed by atoms with van der Waals surface area (Å²) < 4.78 is 5.45. The molecule has 0 aromatic heterocycles. The Morgan fingerprint density at radius 2 is 2.25 bits per heavy atom. The average molecular weight is 220 g/mol. The number of hydrogen-bond acceptors (Lipinski definition) is 3. The van der Waals surface area contributed by atoms with Gasteiger partial charge in [0.25, 0.3) is 0 Å². The number of fused-ring (bicyclic) bond motifs is 1. The second-order valence-corrected chi connectivity index (χ2v) is 4.58. The first-order valence-corrected chi connectivity index (χ1v) is 5.82. The summed E-state index contributed by atoms with van der Waals surface area (Å²) in [7, 11) is 1.73. The summed E-state index contributed by atoms with van der Waals surface area (Å²) in [6.45, 7) is 6.11. The summed E-state index contributed by atoms with van der Waals surface area (Å²) in [5.74, 6) is 1.40. The van der Waals surface area contributed by atoms with Gasteiger partial charge < -0.3 is 15.4 Å². The number of nitrogens with zero attached hydrogens (tertiary/aromatic N) is 1. The molecule has 0 fully saturated rings. The largest absolute Gasteiger partial charge is 0.495 e. The van der Waals surface area contributed by atoms with Gasteiger partial charge in [0.1, 0.15) is 5.75 Å². The number of methoxy groups -OCH3 is 1. The summed E-state index contributed by atoms with van der Waals surface area (Å²) >= 11 is 0. The van der Waals surface area contributed by atoms with Crippen molar-refractivity contribution in [2.24, 2.45) is 5.73 Å². The number of para-hydroxylation sites is 1. The number of anilines is 1. The predicted octanol–water partition coefficient (Wildman–Crippen LogP) is 1.97. The molecule has 2 N–H and O–H groups in total. The molecule has 1 aromatic rings. The van der Waals surface area contributed by atoms with Gasteiger partial charge in [-0.05, 0) is 25.5 Å². The number of nitrogens with two attached hydrogens (primary N) is 1. The lowest BCUT2D eigenvalue weighted by Crippen LogP contribution is -2.31. The summed E-state index contributed by atoms with van der Waals surface area (Å²) in [6, 6.07) is 6.71. The van der Waals surface area contributed by atoms with Crippen molar-refractivity contribution in [3.8, 4) is 5.75 Å². The van der Waals surface area contributed by atoms with Crippen molar-refractivity contribution >= 4 is 5.69 Å². The van der Waals surface area contributed by atoms with E-state index in [4.69, 9.17) is 10.5 Å². The molecule has 16 heavy (non-hydrogen) atoms. The smallest absolute Gasteiger partial charge is 0.142 e. The highest BCUT2D eigenvalue weighted by atomic mass is 16.5. The monoisotopic (exact) mass is 220 g/mol. The van der Waals surface area contributed by atoms with Gasteiger partial charge in [0, 0.05) is 25.0 Å². The van der Waals surface area contributed by atoms with Crippen LogP contribution in [-0.4, -0.2) is 26.2 Å². The minimum atomic E-state index is 0.437. The van der Waals surface area contributed by atoms with Gasteiger partial charge in [-0.25, -0.2) is 0 Å². The molecule has 0 radical (unpaired) electrons. The summed E-state index contributed by atoms with van der Waals surface area (Å²) in [5.41, 5.74) is 8.40. The van der Waals surface area contributed by atoms with Gasteiger partial charge in [-0.3, -0.25) is 0 Å². The van der Waals surface area contributed by atoms with E-state index in [9.17, 15) is 0 Å². The van der Waals surface area contributed by atoms with Crippen LogP contribution in [0.1, 0.15) is 25.3 Å². The first-order valence-electron chi connectivity index (χ1n) is 5.82. The Labute approximate surface area is 97.2 Å². The zero-order chi connectivity index (χ0) is 11.7. The summed E-state index contributed by atoms with van der Waals surface area (Å²) in [4.78, 5) is 2.38. The van der Waals surface area contributed by atoms with Crippen LogP contribution in [-0.2, 0) is 0 Å². The quantitative estimate of drug-likeness (QED) is 0.846. The normalized spacial score (nSPS) is 19.1. The molecular formula is C13H20N2O. The van der Waals surface area contributed by atoms with E-state index in [1.807, 2.05) is 12.1 Å². The van der Waals surface area contributed by atoms with Crippen LogP contribution in [0, 0.1) is 0 Å². The zero-order valence-electron chi connectivity index (χ0n) is 10.2. The molecule has 0 bridgehead atoms. The fourth-order valence-electron chi connectivity index (χ4n) is 2.44. The van der Waals surface area contributed by atoms with E-state index in [1.54, 1.807) is 7.11 Å². The lowest BCUT2D eigenvalue weighted by Gasteiger charge is -2.25. The Balaban J connectivity index is 2.49. The molecule has 1 unspecified atom stereocenters. The maximum absolute atomic E-state index is 5.84. The first kappa shape index (κ1) is 11.3. The Morgan fingerprint density at radius 3 is 2.81 bits per heavy atom. The number of benzene rings is 1. The third kappa shape index (κ3) is 1.65. The average Bonchev–Trinajstić information content (AvgIpc) is 2.67. The van der Waals surface area contributed by atoms with Gasteiger partial charge >= 0.3 is 0 Å². The van der Waals surface area contributed by atoms with Crippen molar-refractivity contribution in [1.29, 1.82) is 0 Å². The molecule has 1 aliphatic rings. The molecule has 2 rings (SSSR count). The van der Waals surface area contributed by atoms with Gasteiger partial charge in [0.15, 0.2) is 0 Å². The van der Waals surface area contributed by atoms with Crippen molar-refractivity contribution < 1.29 is 4.74 Å². The highest BCUT2D eigenvalue weighted by molar-refractivity contribution is 5.69. The predicted molar refractivity (Wildman–Crippen MR) is 67.3 cm³/mol. The second-order valence-electron chi connectivity index (χ2n) is 4.58. The van der Waals surface area contributed by atoms with Crippen LogP contribution in [0.3, 0.4) is 0 Å². The van der Waals surface area contributed by atoms with Crippen molar-refractivity contribution in [2.75, 3.05) is 25.1 Å². The molecule has 0 saturated carbocycles. The van der Waals surface area contributed by atoms with E-state index in [0.29, 0.717) is 18.5 Å². The number of ether oxygens (including phenoxy) is 1. The van der Waals surface area contributed by atoms with E-state index in [2.05, 4.69) is 24.8 Å². The maximum atomic E-state index is 5.84. The lowest BCUT2D eigenvalue weighted by atomic mass is 10.0. The Morgan fingerprint density at radius 1 is 1.50 bits per heavy atom. The minimum Gasteiger partial charge on any atom is -0.495 e. The van der Waals surface area contributed by atoms with Crippen LogP contribution in [0.2, 0.25) is 0 Å². The fraction of sp³-hybridized carbons (Fsp3) is 0.538. The van der Waals surface area contributed by atoms with Gasteiger partial charge in [-0.15, -0.1) is 0 Å². The van der Waals surface area contributed by atoms with Gasteiger partial charge in [-0.2, -0.15) is 0 Å². The van der Waals surface area contributed by atoms with Crippen molar-refractivity contribution in [2.45, 2.75) is 25.8 Å². The number of hydrogen-bond donors (Lipinski definition) is 1. The molecule has 0 saturated heterocycles. The SMILES string of the molecule is COc1cccc2c1N(C(C)C)CC2CN. The van der Waals surface area contributed by atoms with Crippen LogP contribution in [0.5, 0.6) is 5.75 Å². The zero-order valence-corrected chi connectivity index (χ0v) is 10.2. The molecule has 0 amide bonds. The topological polar surface area (TPSA) is 38.5 Å². The third-order valence-corrected chi connectivity index (χ3v) is 3.30. The van der Waals surface area contributed by atoms with E-state index < -0.39 is 0 Å². The number of rotatable bonds is 3. The fourth-order valence-corrected chi connectivity index (χ4v) is 2.44. The van der Waals surface area contributed by atoms with Gasteiger partial charge in [0.2, 0.25) is 0 Å². The maximum Gasteiger partial charge on any atom is 0.142 e. The molecule has 0 aliphatic carbocycles. The third-order valence-electron chi connectivity index (χ3n) is 3.30. The highest BCUT2D eigenvalue weighted by Gasteiger charge is 2.31. The van der Waals surface area contributed by atoms with Gasteiger partial charge in [-0.1, -0.05) is 12.1 Å². The second kappa shape index (κ2) is 4.34. The molecule has 0 spiro atoms. The van der Waals surface area contributed by atoms with Crippen molar-refractivity contribution in [3.05, 3.63) is 23.8 Å². The molecule has 88 valence electrons. The Bertz CT molecular complexity index is 376. The first-order chi connectivity index (χ1) is 7.69. The standard InChI is InChI=1S/C13H20N2O/c1-9(2)15-8-10(7-14)11-5-4-6-12(16-3)13(11)15/h4-6,9-10H,7-8,14H2,1-3H3. The van der Waals surface area contributed by atoms with Crippen LogP contribution < -0.4 is 15.4 Å². The molecule has 1 heterocycles. The molecular weight excluding hydrogens is 200 g/mol. The van der Waals surface area contributed by atoms with E-state index in [0.717, 1.165) is 12.3 Å². The van der Waals surface area contributed by atoms with Crippen LogP contribution in [0.4, 0.5) is 5.69 Å². The lowest BCUT2D eigenvalue weighted by molar-refractivity contribution is 0.414. The molecule has 3 heteroatoms. The highest BCUT2D eigenvalue weighted by Crippen LogP contribution is 2.43. The van der Waals surface area contributed by atoms with Crippen molar-refractivity contribution in [1.82, 2.24) is 0 Å². The van der Waals surface area contributed by atoms with E-state index in [-0.39, 0.29) is 0 Å². The summed E-state index contributed by atoms with van der Waals surface area (Å²) in [6.07, 6.45) is 0. The van der Waals surface area contributed by atoms with Crippen LogP contribution in [0.25, 0.3) is 0 Å². The van der Waals surface area contributed by atoms with Crippen molar-refractivity contribution in [3.63, 3.8) is 0 Å². The Hall–Kier alpha value is -1.22. The minimum absolute atomic E-state index is 0.437. The van der Waals surface area contributed by atoms with E-state index >= 15 is 0 Å². The Kier molecular flexibility index (Phi) is 3.06. The van der Waals surface area contributed by atoms with Crippen LogP contribution >= 0.6 is 0 Å². The molecule has 1 aliphatic heterocycles. The molecule has 1 aromatic carbocycles.